The zero-order valence-corrected chi connectivity index (χ0v) is 19.6. The molecule has 0 atom stereocenters. The lowest BCUT2D eigenvalue weighted by molar-refractivity contribution is -0.143. The Morgan fingerprint density at radius 1 is 1.00 bits per heavy atom. The minimum absolute atomic E-state index is 0.00488. The first kappa shape index (κ1) is 25.6. The van der Waals surface area contributed by atoms with Crippen LogP contribution in [0.1, 0.15) is 17.5 Å². The summed E-state index contributed by atoms with van der Waals surface area (Å²) in [5.41, 5.74) is 1.12. The minimum Gasteiger partial charge on any atom is -0.465 e. The van der Waals surface area contributed by atoms with Gasteiger partial charge in [-0.1, -0.05) is 24.3 Å². The van der Waals surface area contributed by atoms with Crippen LogP contribution >= 0.6 is 0 Å². The second-order valence-electron chi connectivity index (χ2n) is 8.49. The molecule has 1 fully saturated rings. The molecule has 3 aromatic rings. The lowest BCUT2D eigenvalue weighted by Crippen LogP contribution is -2.37. The Kier molecular flexibility index (Phi) is 8.50. The third kappa shape index (κ3) is 6.79. The maximum absolute atomic E-state index is 13.6. The van der Waals surface area contributed by atoms with Gasteiger partial charge in [-0.3, -0.25) is 14.5 Å². The molecule has 7 nitrogen and oxygen atoms in total. The summed E-state index contributed by atoms with van der Waals surface area (Å²) >= 11 is 0. The van der Waals surface area contributed by atoms with Gasteiger partial charge in [0.2, 0.25) is 0 Å². The van der Waals surface area contributed by atoms with Crippen molar-refractivity contribution in [1.82, 2.24) is 14.7 Å². The number of hydrogen-bond acceptors (Lipinski definition) is 6. The van der Waals surface area contributed by atoms with Gasteiger partial charge in [-0.2, -0.15) is 5.10 Å². The first-order valence-electron chi connectivity index (χ1n) is 11.7. The molecule has 0 spiro atoms. The van der Waals surface area contributed by atoms with E-state index in [2.05, 4.69) is 10.00 Å². The Labute approximate surface area is 206 Å². The van der Waals surface area contributed by atoms with E-state index in [4.69, 9.17) is 9.47 Å². The summed E-state index contributed by atoms with van der Waals surface area (Å²) in [6.45, 7) is 4.49. The fourth-order valence-corrected chi connectivity index (χ4v) is 3.95. The molecule has 0 radical (unpaired) electrons. The number of rotatable bonds is 9. The van der Waals surface area contributed by atoms with Crippen molar-refractivity contribution in [2.75, 3.05) is 39.5 Å². The van der Waals surface area contributed by atoms with Gasteiger partial charge >= 0.3 is 5.97 Å². The van der Waals surface area contributed by atoms with Crippen LogP contribution in [-0.4, -0.2) is 60.1 Å². The van der Waals surface area contributed by atoms with E-state index < -0.39 is 23.0 Å². The van der Waals surface area contributed by atoms with Crippen LogP contribution in [0.15, 0.2) is 53.3 Å². The topological polar surface area (TPSA) is 73.7 Å². The van der Waals surface area contributed by atoms with Crippen molar-refractivity contribution in [2.45, 2.75) is 19.4 Å². The van der Waals surface area contributed by atoms with Gasteiger partial charge in [0.25, 0.3) is 5.56 Å². The number of benzene rings is 2. The number of esters is 1. The maximum Gasteiger partial charge on any atom is 0.310 e. The summed E-state index contributed by atoms with van der Waals surface area (Å²) in [5.74, 6) is -4.60. The number of ether oxygens (including phenoxy) is 2. The van der Waals surface area contributed by atoms with Crippen LogP contribution in [-0.2, 0) is 27.2 Å². The van der Waals surface area contributed by atoms with E-state index in [1.807, 2.05) is 0 Å². The SMILES string of the molecule is O=C(Cc1cccc(Cn2nc(-c3cc(F)c(F)c(F)c3)ccc2=O)c1)OCCCN1CCOCC1. The Morgan fingerprint density at radius 3 is 2.47 bits per heavy atom. The first-order chi connectivity index (χ1) is 17.4. The molecule has 190 valence electrons. The Hall–Kier alpha value is -3.50. The molecule has 36 heavy (non-hydrogen) atoms. The van der Waals surface area contributed by atoms with Crippen LogP contribution in [0.25, 0.3) is 11.3 Å². The molecule has 1 aliphatic rings. The first-order valence-corrected chi connectivity index (χ1v) is 11.7. The van der Waals surface area contributed by atoms with Gasteiger partial charge in [0.1, 0.15) is 0 Å². The van der Waals surface area contributed by atoms with Crippen molar-refractivity contribution < 1.29 is 27.4 Å². The van der Waals surface area contributed by atoms with E-state index >= 15 is 0 Å². The summed E-state index contributed by atoms with van der Waals surface area (Å²) in [7, 11) is 0. The average Bonchev–Trinajstić information content (AvgIpc) is 2.87. The largest absolute Gasteiger partial charge is 0.465 e. The van der Waals surface area contributed by atoms with E-state index in [9.17, 15) is 22.8 Å². The van der Waals surface area contributed by atoms with Crippen molar-refractivity contribution in [3.05, 3.63) is 87.5 Å². The predicted octanol–water partition coefficient (Wildman–Crippen LogP) is 3.18. The van der Waals surface area contributed by atoms with Gasteiger partial charge in [-0.05, 0) is 35.7 Å². The molecule has 0 N–H and O–H groups in total. The van der Waals surface area contributed by atoms with Crippen LogP contribution in [0.2, 0.25) is 0 Å². The highest BCUT2D eigenvalue weighted by atomic mass is 19.2. The minimum atomic E-state index is -1.57. The van der Waals surface area contributed by atoms with E-state index in [1.165, 1.54) is 12.1 Å². The van der Waals surface area contributed by atoms with Crippen LogP contribution in [0.3, 0.4) is 0 Å². The summed E-state index contributed by atoms with van der Waals surface area (Å²) < 4.78 is 52.3. The third-order valence-electron chi connectivity index (χ3n) is 5.80. The monoisotopic (exact) mass is 501 g/mol. The fraction of sp³-hybridized carbons (Fsp3) is 0.346. The molecule has 0 saturated carbocycles. The zero-order chi connectivity index (χ0) is 25.5. The third-order valence-corrected chi connectivity index (χ3v) is 5.80. The highest BCUT2D eigenvalue weighted by molar-refractivity contribution is 5.72. The van der Waals surface area contributed by atoms with Gasteiger partial charge in [0.15, 0.2) is 17.5 Å². The number of morpholine rings is 1. The predicted molar refractivity (Wildman–Crippen MR) is 126 cm³/mol. The Bertz CT molecular complexity index is 1250. The molecular weight excluding hydrogens is 475 g/mol. The number of hydrogen-bond donors (Lipinski definition) is 0. The van der Waals surface area contributed by atoms with Crippen LogP contribution < -0.4 is 5.56 Å². The summed E-state index contributed by atoms with van der Waals surface area (Å²) in [5, 5.41) is 4.17. The van der Waals surface area contributed by atoms with E-state index in [0.717, 1.165) is 61.6 Å². The lowest BCUT2D eigenvalue weighted by Gasteiger charge is -2.26. The quantitative estimate of drug-likeness (QED) is 0.255. The van der Waals surface area contributed by atoms with E-state index in [-0.39, 0.29) is 30.2 Å². The van der Waals surface area contributed by atoms with Crippen molar-refractivity contribution >= 4 is 5.97 Å². The summed E-state index contributed by atoms with van der Waals surface area (Å²) in [4.78, 5) is 26.9. The molecule has 0 amide bonds. The highest BCUT2D eigenvalue weighted by Gasteiger charge is 2.14. The molecule has 0 bridgehead atoms. The van der Waals surface area contributed by atoms with Gasteiger partial charge in [0.05, 0.1) is 38.5 Å². The van der Waals surface area contributed by atoms with Crippen LogP contribution in [0.4, 0.5) is 13.2 Å². The summed E-state index contributed by atoms with van der Waals surface area (Å²) in [6.07, 6.45) is 0.834. The molecule has 1 aliphatic heterocycles. The van der Waals surface area contributed by atoms with Gasteiger partial charge < -0.3 is 9.47 Å². The maximum atomic E-state index is 13.6. The molecule has 10 heteroatoms. The second kappa shape index (κ2) is 12.0. The van der Waals surface area contributed by atoms with Crippen molar-refractivity contribution in [2.24, 2.45) is 0 Å². The van der Waals surface area contributed by atoms with Gasteiger partial charge in [0, 0.05) is 31.3 Å². The average molecular weight is 502 g/mol. The number of nitrogens with zero attached hydrogens (tertiary/aromatic N) is 3. The number of aromatic nitrogens is 2. The molecule has 1 saturated heterocycles. The number of carbonyl (C=O) groups is 1. The van der Waals surface area contributed by atoms with Gasteiger partial charge in [-0.15, -0.1) is 0 Å². The normalized spacial score (nSPS) is 14.1. The molecule has 0 aliphatic carbocycles. The summed E-state index contributed by atoms with van der Waals surface area (Å²) in [6, 6.07) is 11.3. The number of carbonyl (C=O) groups excluding carboxylic acids is 1. The number of halogens is 3. The molecule has 2 aromatic carbocycles. The molecule has 4 rings (SSSR count). The van der Waals surface area contributed by atoms with Crippen molar-refractivity contribution in [3.63, 3.8) is 0 Å². The molecule has 0 unspecified atom stereocenters. The van der Waals surface area contributed by atoms with Gasteiger partial charge in [-0.25, -0.2) is 17.9 Å². The lowest BCUT2D eigenvalue weighted by atomic mass is 10.1. The molecular formula is C26H26F3N3O4. The van der Waals surface area contributed by atoms with Crippen LogP contribution in [0, 0.1) is 17.5 Å². The van der Waals surface area contributed by atoms with E-state index in [0.29, 0.717) is 12.2 Å². The standard InChI is InChI=1S/C26H26F3N3O4/c27-21-15-20(16-22(28)26(21)29)23-5-6-24(33)32(30-23)17-19-4-1-3-18(13-19)14-25(34)36-10-2-7-31-8-11-35-12-9-31/h1,3-6,13,15-16H,2,7-12,14,17H2. The highest BCUT2D eigenvalue weighted by Crippen LogP contribution is 2.21. The second-order valence-corrected chi connectivity index (χ2v) is 8.49. The molecule has 2 heterocycles. The fourth-order valence-electron chi connectivity index (χ4n) is 3.95. The smallest absolute Gasteiger partial charge is 0.310 e. The van der Waals surface area contributed by atoms with Crippen LogP contribution in [0.5, 0.6) is 0 Å². The Morgan fingerprint density at radius 2 is 1.72 bits per heavy atom. The Balaban J connectivity index is 1.36. The van der Waals surface area contributed by atoms with Crippen molar-refractivity contribution in [1.29, 1.82) is 0 Å². The molecule has 1 aromatic heterocycles. The zero-order valence-electron chi connectivity index (χ0n) is 19.6. The van der Waals surface area contributed by atoms with E-state index in [1.54, 1.807) is 24.3 Å². The van der Waals surface area contributed by atoms with Crippen molar-refractivity contribution in [3.8, 4) is 11.3 Å².